The molecule has 0 bridgehead atoms. The Morgan fingerprint density at radius 3 is 2.64 bits per heavy atom. The number of nitrogens with zero attached hydrogens (tertiary/aromatic N) is 4. The van der Waals surface area contributed by atoms with Gasteiger partial charge in [-0.05, 0) is 43.5 Å². The molecule has 2 aromatic rings. The topological polar surface area (TPSA) is 58.4 Å². The largest absolute Gasteiger partial charge is 0.337 e. The number of carbonyl (C=O) groups excluding carboxylic acids is 2. The van der Waals surface area contributed by atoms with Crippen molar-refractivity contribution in [3.8, 4) is 0 Å². The molecule has 25 heavy (non-hydrogen) atoms. The predicted octanol–water partition coefficient (Wildman–Crippen LogP) is 2.49. The van der Waals surface area contributed by atoms with Gasteiger partial charge in [0.15, 0.2) is 0 Å². The Hall–Kier alpha value is -2.63. The van der Waals surface area contributed by atoms with Crippen LogP contribution in [0, 0.1) is 0 Å². The van der Waals surface area contributed by atoms with E-state index in [1.165, 1.54) is 0 Å². The molecule has 0 radical (unpaired) electrons. The molecular formula is C19H22N4O2. The number of carbonyl (C=O) groups is 2. The number of piperidine rings is 1. The molecule has 0 N–H and O–H groups in total. The van der Waals surface area contributed by atoms with Gasteiger partial charge in [0.25, 0.3) is 5.91 Å². The van der Waals surface area contributed by atoms with Gasteiger partial charge in [0.2, 0.25) is 5.91 Å². The number of amides is 2. The molecule has 1 aromatic carbocycles. The number of aromatic nitrogens is 2. The van der Waals surface area contributed by atoms with Crippen molar-refractivity contribution in [2.45, 2.75) is 31.7 Å². The summed E-state index contributed by atoms with van der Waals surface area (Å²) in [6, 6.07) is 7.73. The third kappa shape index (κ3) is 3.16. The first-order chi connectivity index (χ1) is 12.2. The molecule has 6 heteroatoms. The van der Waals surface area contributed by atoms with E-state index in [1.807, 2.05) is 41.7 Å². The lowest BCUT2D eigenvalue weighted by atomic mass is 10.0. The van der Waals surface area contributed by atoms with Crippen LogP contribution in [0.15, 0.2) is 43.0 Å². The standard InChI is InChI=1S/C19H22N4O2/c24-18-4-2-11-23(18)16-7-5-15(6-8-16)19(25)21-10-1-3-17(13-21)22-12-9-20-14-22/h5-9,12,14,17H,1-4,10-11,13H2/t17-/m0/s1. The lowest BCUT2D eigenvalue weighted by molar-refractivity contribution is -0.117. The normalized spacial score (nSPS) is 21.0. The van der Waals surface area contributed by atoms with Crippen LogP contribution < -0.4 is 4.90 Å². The molecular weight excluding hydrogens is 316 g/mol. The van der Waals surface area contributed by atoms with Gasteiger partial charge in [0.1, 0.15) is 0 Å². The molecule has 4 rings (SSSR count). The van der Waals surface area contributed by atoms with Crippen molar-refractivity contribution in [1.29, 1.82) is 0 Å². The van der Waals surface area contributed by atoms with Crippen LogP contribution in [0.3, 0.4) is 0 Å². The van der Waals surface area contributed by atoms with Crippen LogP contribution in [0.5, 0.6) is 0 Å². The average Bonchev–Trinajstić information content (AvgIpc) is 3.33. The maximum atomic E-state index is 12.8. The van der Waals surface area contributed by atoms with Crippen LogP contribution in [0.4, 0.5) is 5.69 Å². The van der Waals surface area contributed by atoms with E-state index in [0.29, 0.717) is 24.6 Å². The van der Waals surface area contributed by atoms with Gasteiger partial charge in [-0.1, -0.05) is 0 Å². The summed E-state index contributed by atoms with van der Waals surface area (Å²) in [5.41, 5.74) is 1.57. The Bertz CT molecular complexity index is 754. The van der Waals surface area contributed by atoms with Crippen LogP contribution >= 0.6 is 0 Å². The van der Waals surface area contributed by atoms with Gasteiger partial charge in [-0.25, -0.2) is 4.98 Å². The minimum atomic E-state index is 0.0594. The molecule has 0 spiro atoms. The van der Waals surface area contributed by atoms with E-state index in [9.17, 15) is 9.59 Å². The van der Waals surface area contributed by atoms with Gasteiger partial charge in [-0.15, -0.1) is 0 Å². The summed E-state index contributed by atoms with van der Waals surface area (Å²) in [4.78, 5) is 32.5. The molecule has 6 nitrogen and oxygen atoms in total. The second kappa shape index (κ2) is 6.70. The molecule has 1 aromatic heterocycles. The quantitative estimate of drug-likeness (QED) is 0.864. The number of hydrogen-bond donors (Lipinski definition) is 0. The summed E-state index contributed by atoms with van der Waals surface area (Å²) in [6.45, 7) is 2.27. The zero-order valence-electron chi connectivity index (χ0n) is 14.2. The minimum Gasteiger partial charge on any atom is -0.337 e. The van der Waals surface area contributed by atoms with Crippen LogP contribution in [-0.4, -0.2) is 45.9 Å². The van der Waals surface area contributed by atoms with E-state index in [0.717, 1.165) is 38.0 Å². The second-order valence-corrected chi connectivity index (χ2v) is 6.75. The van der Waals surface area contributed by atoms with Crippen molar-refractivity contribution in [1.82, 2.24) is 14.5 Å². The highest BCUT2D eigenvalue weighted by Gasteiger charge is 2.26. The van der Waals surface area contributed by atoms with Crippen molar-refractivity contribution < 1.29 is 9.59 Å². The van der Waals surface area contributed by atoms with E-state index >= 15 is 0 Å². The first kappa shape index (κ1) is 15.9. The molecule has 2 fully saturated rings. The van der Waals surface area contributed by atoms with E-state index in [1.54, 1.807) is 11.1 Å². The van der Waals surface area contributed by atoms with E-state index in [2.05, 4.69) is 9.55 Å². The van der Waals surface area contributed by atoms with Crippen molar-refractivity contribution in [2.24, 2.45) is 0 Å². The molecule has 2 aliphatic heterocycles. The maximum Gasteiger partial charge on any atom is 0.253 e. The molecule has 0 saturated carbocycles. The fourth-order valence-electron chi connectivity index (χ4n) is 3.76. The summed E-state index contributed by atoms with van der Waals surface area (Å²) in [5.74, 6) is 0.224. The lowest BCUT2D eigenvalue weighted by Crippen LogP contribution is -2.40. The highest BCUT2D eigenvalue weighted by Crippen LogP contribution is 2.25. The third-order valence-corrected chi connectivity index (χ3v) is 5.13. The van der Waals surface area contributed by atoms with Crippen LogP contribution in [0.25, 0.3) is 0 Å². The molecule has 1 atom stereocenters. The maximum absolute atomic E-state index is 12.8. The number of benzene rings is 1. The molecule has 0 unspecified atom stereocenters. The van der Waals surface area contributed by atoms with Gasteiger partial charge in [-0.3, -0.25) is 9.59 Å². The molecule has 3 heterocycles. The highest BCUT2D eigenvalue weighted by molar-refractivity contribution is 5.97. The summed E-state index contributed by atoms with van der Waals surface area (Å²) < 4.78 is 2.08. The van der Waals surface area contributed by atoms with Crippen LogP contribution in [-0.2, 0) is 4.79 Å². The number of likely N-dealkylation sites (tertiary alicyclic amines) is 1. The number of anilines is 1. The van der Waals surface area contributed by atoms with Gasteiger partial charge >= 0.3 is 0 Å². The predicted molar refractivity (Wildman–Crippen MR) is 94.4 cm³/mol. The van der Waals surface area contributed by atoms with Crippen LogP contribution in [0.1, 0.15) is 42.1 Å². The summed E-state index contributed by atoms with van der Waals surface area (Å²) in [5, 5.41) is 0. The van der Waals surface area contributed by atoms with Gasteiger partial charge in [0, 0.05) is 49.7 Å². The third-order valence-electron chi connectivity index (χ3n) is 5.13. The van der Waals surface area contributed by atoms with Crippen molar-refractivity contribution in [3.05, 3.63) is 48.5 Å². The zero-order valence-corrected chi connectivity index (χ0v) is 14.2. The summed E-state index contributed by atoms with van der Waals surface area (Å²) in [7, 11) is 0. The second-order valence-electron chi connectivity index (χ2n) is 6.75. The van der Waals surface area contributed by atoms with Crippen molar-refractivity contribution >= 4 is 17.5 Å². The van der Waals surface area contributed by atoms with Gasteiger partial charge in [-0.2, -0.15) is 0 Å². The Morgan fingerprint density at radius 2 is 1.96 bits per heavy atom. The fraction of sp³-hybridized carbons (Fsp3) is 0.421. The number of hydrogen-bond acceptors (Lipinski definition) is 3. The highest BCUT2D eigenvalue weighted by atomic mass is 16.2. The summed E-state index contributed by atoms with van der Waals surface area (Å²) in [6.07, 6.45) is 9.14. The molecule has 2 saturated heterocycles. The van der Waals surface area contributed by atoms with E-state index in [4.69, 9.17) is 0 Å². The monoisotopic (exact) mass is 338 g/mol. The average molecular weight is 338 g/mol. The number of imidazole rings is 1. The summed E-state index contributed by atoms with van der Waals surface area (Å²) >= 11 is 0. The first-order valence-electron chi connectivity index (χ1n) is 8.89. The Morgan fingerprint density at radius 1 is 1.12 bits per heavy atom. The smallest absolute Gasteiger partial charge is 0.253 e. The van der Waals surface area contributed by atoms with Gasteiger partial charge < -0.3 is 14.4 Å². The van der Waals surface area contributed by atoms with Crippen molar-refractivity contribution in [3.63, 3.8) is 0 Å². The van der Waals surface area contributed by atoms with Crippen molar-refractivity contribution in [2.75, 3.05) is 24.5 Å². The fourth-order valence-corrected chi connectivity index (χ4v) is 3.76. The number of rotatable bonds is 3. The molecule has 130 valence electrons. The van der Waals surface area contributed by atoms with Gasteiger partial charge in [0.05, 0.1) is 12.4 Å². The first-order valence-corrected chi connectivity index (χ1v) is 8.89. The molecule has 2 aliphatic rings. The lowest BCUT2D eigenvalue weighted by Gasteiger charge is -2.33. The Balaban J connectivity index is 1.46. The SMILES string of the molecule is O=C(c1ccc(N2CCCC2=O)cc1)N1CCC[C@H](n2ccnc2)C1. The molecule has 2 amide bonds. The molecule has 0 aliphatic carbocycles. The van der Waals surface area contributed by atoms with E-state index in [-0.39, 0.29) is 11.8 Å². The minimum absolute atomic E-state index is 0.0594. The van der Waals surface area contributed by atoms with Crippen LogP contribution in [0.2, 0.25) is 0 Å². The zero-order chi connectivity index (χ0) is 17.2. The van der Waals surface area contributed by atoms with E-state index < -0.39 is 0 Å². The Kier molecular flexibility index (Phi) is 4.26. The Labute approximate surface area is 147 Å².